The third-order valence-electron chi connectivity index (χ3n) is 5.86. The van der Waals surface area contributed by atoms with Crippen LogP contribution in [-0.4, -0.2) is 69.1 Å². The number of halogens is 2. The van der Waals surface area contributed by atoms with Gasteiger partial charge < -0.3 is 20.1 Å². The second-order valence-electron chi connectivity index (χ2n) is 8.66. The van der Waals surface area contributed by atoms with Gasteiger partial charge in [-0.3, -0.25) is 14.5 Å². The molecule has 0 saturated carbocycles. The van der Waals surface area contributed by atoms with E-state index >= 15 is 0 Å². The topological polar surface area (TPSA) is 110 Å². The molecule has 0 bridgehead atoms. The van der Waals surface area contributed by atoms with Crippen molar-refractivity contribution < 1.29 is 28.2 Å². The maximum atomic E-state index is 14.8. The minimum atomic E-state index is -0.891. The van der Waals surface area contributed by atoms with Gasteiger partial charge in [-0.25, -0.2) is 13.6 Å². The molecule has 1 saturated heterocycles. The number of ether oxygens (including phenoxy) is 1. The number of nitrogens with zero attached hydrogens (tertiary/aromatic N) is 4. The van der Waals surface area contributed by atoms with Crippen LogP contribution in [0.1, 0.15) is 43.1 Å². The lowest BCUT2D eigenvalue weighted by Gasteiger charge is -2.32. The Morgan fingerprint density at radius 2 is 1.91 bits per heavy atom. The predicted octanol–water partition coefficient (Wildman–Crippen LogP) is 3.28. The Morgan fingerprint density at radius 3 is 2.60 bits per heavy atom. The van der Waals surface area contributed by atoms with Crippen LogP contribution in [0.3, 0.4) is 0 Å². The Bertz CT molecular complexity index is 1240. The Morgan fingerprint density at radius 1 is 1.17 bits per heavy atom. The Kier molecular flexibility index (Phi) is 7.25. The van der Waals surface area contributed by atoms with E-state index in [-0.39, 0.29) is 42.6 Å². The number of benzene rings is 1. The first-order chi connectivity index (χ1) is 16.8. The minimum Gasteiger partial charge on any atom is -0.447 e. The van der Waals surface area contributed by atoms with Crippen molar-refractivity contribution in [2.24, 2.45) is 0 Å². The number of hydrogen-bond donors (Lipinski definition) is 2. The highest BCUT2D eigenvalue weighted by molar-refractivity contribution is 5.95. The molecule has 11 heteroatoms. The minimum absolute atomic E-state index is 0.0640. The van der Waals surface area contributed by atoms with Gasteiger partial charge in [0, 0.05) is 30.6 Å². The van der Waals surface area contributed by atoms with Crippen LogP contribution in [-0.2, 0) is 4.74 Å². The average Bonchev–Trinajstić information content (AvgIpc) is 3.26. The Hall–Kier alpha value is -3.60. The highest BCUT2D eigenvalue weighted by Crippen LogP contribution is 2.30. The van der Waals surface area contributed by atoms with Crippen LogP contribution < -0.4 is 5.32 Å². The largest absolute Gasteiger partial charge is 0.447 e. The lowest BCUT2D eigenvalue weighted by Crippen LogP contribution is -2.40. The first kappa shape index (κ1) is 24.5. The number of carbonyl (C=O) groups is 2. The molecule has 3 heterocycles. The number of fused-ring (bicyclic) bond motifs is 1. The molecular formula is C24H27F2N5O4. The van der Waals surface area contributed by atoms with Crippen molar-refractivity contribution in [1.29, 1.82) is 0 Å². The molecule has 1 aliphatic heterocycles. The summed E-state index contributed by atoms with van der Waals surface area (Å²) in [6.07, 6.45) is 4.12. The lowest BCUT2D eigenvalue weighted by atomic mass is 10.0. The van der Waals surface area contributed by atoms with Gasteiger partial charge in [0.2, 0.25) is 0 Å². The van der Waals surface area contributed by atoms with Gasteiger partial charge in [0.25, 0.3) is 5.91 Å². The number of likely N-dealkylation sites (tertiary alicyclic amines) is 1. The average molecular weight is 488 g/mol. The van der Waals surface area contributed by atoms with E-state index in [1.807, 2.05) is 18.5 Å². The number of aromatic nitrogens is 3. The van der Waals surface area contributed by atoms with Crippen LogP contribution in [0.5, 0.6) is 0 Å². The van der Waals surface area contributed by atoms with Crippen molar-refractivity contribution in [2.45, 2.75) is 38.8 Å². The summed E-state index contributed by atoms with van der Waals surface area (Å²) in [6.45, 7) is 4.34. The number of aliphatic hydroxyl groups is 1. The molecule has 0 aliphatic carbocycles. The monoisotopic (exact) mass is 487 g/mol. The van der Waals surface area contributed by atoms with E-state index in [1.165, 1.54) is 0 Å². The SMILES string of the molecule is CC(C)OC(=O)N1CCC(n2ncc3cc(-c4cc(F)c(C(=O)NCCO)cc4F)ncc32)CC1. The summed E-state index contributed by atoms with van der Waals surface area (Å²) >= 11 is 0. The summed E-state index contributed by atoms with van der Waals surface area (Å²) in [4.78, 5) is 30.1. The summed E-state index contributed by atoms with van der Waals surface area (Å²) < 4.78 is 36.4. The number of aliphatic hydroxyl groups excluding tert-OH is 1. The summed E-state index contributed by atoms with van der Waals surface area (Å²) in [5, 5.41) is 16.3. The molecule has 1 aliphatic rings. The van der Waals surface area contributed by atoms with E-state index < -0.39 is 23.1 Å². The quantitative estimate of drug-likeness (QED) is 0.552. The molecule has 1 fully saturated rings. The maximum Gasteiger partial charge on any atom is 0.410 e. The number of carbonyl (C=O) groups excluding carboxylic acids is 2. The van der Waals surface area contributed by atoms with Gasteiger partial charge in [-0.1, -0.05) is 0 Å². The Balaban J connectivity index is 1.52. The van der Waals surface area contributed by atoms with E-state index in [9.17, 15) is 18.4 Å². The van der Waals surface area contributed by atoms with Gasteiger partial charge >= 0.3 is 6.09 Å². The number of amides is 2. The van der Waals surface area contributed by atoms with Gasteiger partial charge in [-0.05, 0) is 44.9 Å². The van der Waals surface area contributed by atoms with Crippen LogP contribution in [0, 0.1) is 11.6 Å². The zero-order chi connectivity index (χ0) is 25.1. The highest BCUT2D eigenvalue weighted by atomic mass is 19.1. The van der Waals surface area contributed by atoms with Crippen molar-refractivity contribution in [2.75, 3.05) is 26.2 Å². The van der Waals surface area contributed by atoms with Crippen LogP contribution in [0.4, 0.5) is 13.6 Å². The van der Waals surface area contributed by atoms with Gasteiger partial charge in [0.1, 0.15) is 11.6 Å². The lowest BCUT2D eigenvalue weighted by molar-refractivity contribution is 0.0656. The summed E-state index contributed by atoms with van der Waals surface area (Å²) in [6, 6.07) is 3.45. The number of hydrogen-bond acceptors (Lipinski definition) is 6. The normalized spacial score (nSPS) is 14.5. The fourth-order valence-corrected chi connectivity index (χ4v) is 4.13. The molecule has 9 nitrogen and oxygen atoms in total. The Labute approximate surface area is 200 Å². The molecule has 2 aromatic heterocycles. The van der Waals surface area contributed by atoms with Crippen LogP contribution in [0.2, 0.25) is 0 Å². The van der Waals surface area contributed by atoms with Crippen LogP contribution >= 0.6 is 0 Å². The summed E-state index contributed by atoms with van der Waals surface area (Å²) in [5.74, 6) is -2.49. The van der Waals surface area contributed by atoms with E-state index in [1.54, 1.807) is 23.4 Å². The zero-order valence-electron chi connectivity index (χ0n) is 19.5. The molecule has 0 radical (unpaired) electrons. The van der Waals surface area contributed by atoms with Crippen LogP contribution in [0.15, 0.2) is 30.6 Å². The number of rotatable bonds is 6. The molecule has 35 heavy (non-hydrogen) atoms. The molecule has 2 amide bonds. The molecule has 2 N–H and O–H groups in total. The van der Waals surface area contributed by atoms with E-state index in [0.717, 1.165) is 17.6 Å². The molecule has 4 rings (SSSR count). The highest BCUT2D eigenvalue weighted by Gasteiger charge is 2.27. The van der Waals surface area contributed by atoms with E-state index in [2.05, 4.69) is 15.4 Å². The van der Waals surface area contributed by atoms with Crippen molar-refractivity contribution in [3.8, 4) is 11.3 Å². The van der Waals surface area contributed by atoms with Gasteiger partial charge in [0.05, 0.1) is 47.9 Å². The van der Waals surface area contributed by atoms with E-state index in [4.69, 9.17) is 9.84 Å². The molecule has 0 atom stereocenters. The number of piperidine rings is 1. The fraction of sp³-hybridized carbons (Fsp3) is 0.417. The summed E-state index contributed by atoms with van der Waals surface area (Å²) in [5.41, 5.74) is 0.435. The smallest absolute Gasteiger partial charge is 0.410 e. The van der Waals surface area contributed by atoms with Gasteiger partial charge in [-0.15, -0.1) is 0 Å². The summed E-state index contributed by atoms with van der Waals surface area (Å²) in [7, 11) is 0. The third-order valence-corrected chi connectivity index (χ3v) is 5.86. The first-order valence-electron chi connectivity index (χ1n) is 11.5. The standard InChI is InChI=1S/C24H27F2N5O4/c1-14(2)35-24(34)30-6-3-16(4-7-30)31-22-13-28-21(9-15(22)12-29-31)17-10-20(26)18(11-19(17)25)23(33)27-5-8-32/h9-14,16,32H,3-8H2,1-2H3,(H,27,33). The van der Waals surface area contributed by atoms with Crippen molar-refractivity contribution in [3.63, 3.8) is 0 Å². The molecule has 0 unspecified atom stereocenters. The van der Waals surface area contributed by atoms with Crippen molar-refractivity contribution in [1.82, 2.24) is 25.0 Å². The van der Waals surface area contributed by atoms with Crippen molar-refractivity contribution in [3.05, 3.63) is 47.8 Å². The van der Waals surface area contributed by atoms with Gasteiger partial charge in [-0.2, -0.15) is 5.10 Å². The second kappa shape index (κ2) is 10.3. The predicted molar refractivity (Wildman–Crippen MR) is 124 cm³/mol. The zero-order valence-corrected chi connectivity index (χ0v) is 19.5. The van der Waals surface area contributed by atoms with Crippen molar-refractivity contribution >= 4 is 22.9 Å². The molecule has 186 valence electrons. The van der Waals surface area contributed by atoms with Gasteiger partial charge in [0.15, 0.2) is 0 Å². The number of nitrogens with one attached hydrogen (secondary N) is 1. The van der Waals surface area contributed by atoms with Crippen LogP contribution in [0.25, 0.3) is 22.2 Å². The molecule has 1 aromatic carbocycles. The van der Waals surface area contributed by atoms with E-state index in [0.29, 0.717) is 31.3 Å². The second-order valence-corrected chi connectivity index (χ2v) is 8.66. The first-order valence-corrected chi connectivity index (χ1v) is 11.5. The molecule has 0 spiro atoms. The maximum absolute atomic E-state index is 14.8. The molecule has 3 aromatic rings. The number of pyridine rings is 1. The third kappa shape index (κ3) is 5.24. The molecular weight excluding hydrogens is 460 g/mol. The fourth-order valence-electron chi connectivity index (χ4n) is 4.13.